The molecule has 24 heavy (non-hydrogen) atoms. The molecule has 3 heterocycles. The van der Waals surface area contributed by atoms with Crippen LogP contribution in [0.4, 0.5) is 5.82 Å². The SMILES string of the molecule is O=C(CN(Cc1ccsc1)C[C@H]1CCCO1)Nc1ccc(Cl)cn1. The molecule has 1 aliphatic heterocycles. The highest BCUT2D eigenvalue weighted by atomic mass is 35.5. The Labute approximate surface area is 150 Å². The van der Waals surface area contributed by atoms with Crippen LogP contribution in [0, 0.1) is 0 Å². The molecular formula is C17H20ClN3O2S. The number of pyridine rings is 1. The summed E-state index contributed by atoms with van der Waals surface area (Å²) in [7, 11) is 0. The molecule has 2 aromatic rings. The van der Waals surface area contributed by atoms with Gasteiger partial charge in [0.1, 0.15) is 5.82 Å². The molecule has 2 aromatic heterocycles. The molecule has 1 aliphatic rings. The minimum Gasteiger partial charge on any atom is -0.377 e. The van der Waals surface area contributed by atoms with Crippen LogP contribution >= 0.6 is 22.9 Å². The second-order valence-corrected chi connectivity index (χ2v) is 7.06. The molecule has 5 nitrogen and oxygen atoms in total. The summed E-state index contributed by atoms with van der Waals surface area (Å²) in [5.74, 6) is 0.426. The van der Waals surface area contributed by atoms with Crippen LogP contribution in [0.2, 0.25) is 5.02 Å². The van der Waals surface area contributed by atoms with Gasteiger partial charge in [-0.2, -0.15) is 11.3 Å². The van der Waals surface area contributed by atoms with Gasteiger partial charge in [0.2, 0.25) is 5.91 Å². The largest absolute Gasteiger partial charge is 0.377 e. The van der Waals surface area contributed by atoms with Crippen molar-refractivity contribution >= 4 is 34.7 Å². The lowest BCUT2D eigenvalue weighted by Crippen LogP contribution is -2.37. The van der Waals surface area contributed by atoms with Gasteiger partial charge in [0, 0.05) is 25.9 Å². The van der Waals surface area contributed by atoms with E-state index in [0.29, 0.717) is 17.4 Å². The molecule has 0 unspecified atom stereocenters. The average Bonchev–Trinajstić information content (AvgIpc) is 3.23. The number of nitrogens with zero attached hydrogens (tertiary/aromatic N) is 2. The van der Waals surface area contributed by atoms with Crippen molar-refractivity contribution in [1.29, 1.82) is 0 Å². The van der Waals surface area contributed by atoms with E-state index in [2.05, 4.69) is 32.0 Å². The number of carbonyl (C=O) groups excluding carboxylic acids is 1. The van der Waals surface area contributed by atoms with E-state index >= 15 is 0 Å². The predicted molar refractivity (Wildman–Crippen MR) is 96.4 cm³/mol. The van der Waals surface area contributed by atoms with Gasteiger partial charge < -0.3 is 10.1 Å². The van der Waals surface area contributed by atoms with Gasteiger partial charge in [0.05, 0.1) is 17.7 Å². The third kappa shape index (κ3) is 5.27. The Morgan fingerprint density at radius 2 is 2.38 bits per heavy atom. The third-order valence-corrected chi connectivity index (χ3v) is 4.79. The zero-order chi connectivity index (χ0) is 16.8. The van der Waals surface area contributed by atoms with Gasteiger partial charge in [-0.3, -0.25) is 9.69 Å². The van der Waals surface area contributed by atoms with Crippen LogP contribution in [0.3, 0.4) is 0 Å². The lowest BCUT2D eigenvalue weighted by molar-refractivity contribution is -0.117. The van der Waals surface area contributed by atoms with Crippen LogP contribution in [0.1, 0.15) is 18.4 Å². The van der Waals surface area contributed by atoms with E-state index in [-0.39, 0.29) is 12.0 Å². The maximum Gasteiger partial charge on any atom is 0.239 e. The van der Waals surface area contributed by atoms with Crippen molar-refractivity contribution in [2.45, 2.75) is 25.5 Å². The Kier molecular flexibility index (Phi) is 6.20. The van der Waals surface area contributed by atoms with E-state index in [1.807, 2.05) is 0 Å². The first-order chi connectivity index (χ1) is 11.7. The molecule has 7 heteroatoms. The van der Waals surface area contributed by atoms with Gasteiger partial charge in [-0.05, 0) is 47.4 Å². The maximum absolute atomic E-state index is 12.3. The average molecular weight is 366 g/mol. The Balaban J connectivity index is 1.58. The molecule has 1 saturated heterocycles. The van der Waals surface area contributed by atoms with Crippen molar-refractivity contribution in [3.05, 3.63) is 45.7 Å². The molecule has 0 bridgehead atoms. The maximum atomic E-state index is 12.3. The van der Waals surface area contributed by atoms with E-state index in [1.165, 1.54) is 11.8 Å². The standard InChI is InChI=1S/C17H20ClN3O2S/c18-14-3-4-16(19-8-14)20-17(22)11-21(9-13-5-7-24-12-13)10-15-2-1-6-23-15/h3-5,7-8,12,15H,1-2,6,9-11H2,(H,19,20,22)/t15-/m1/s1. The number of aromatic nitrogens is 1. The van der Waals surface area contributed by atoms with E-state index in [4.69, 9.17) is 16.3 Å². The number of carbonyl (C=O) groups is 1. The quantitative estimate of drug-likeness (QED) is 0.816. The minimum absolute atomic E-state index is 0.0851. The molecule has 0 spiro atoms. The van der Waals surface area contributed by atoms with Crippen LogP contribution in [-0.4, -0.2) is 41.6 Å². The monoisotopic (exact) mass is 365 g/mol. The fraction of sp³-hybridized carbons (Fsp3) is 0.412. The van der Waals surface area contributed by atoms with Gasteiger partial charge >= 0.3 is 0 Å². The first-order valence-corrected chi connectivity index (χ1v) is 9.27. The number of thiophene rings is 1. The normalized spacial score (nSPS) is 17.3. The highest BCUT2D eigenvalue weighted by Crippen LogP contribution is 2.16. The summed E-state index contributed by atoms with van der Waals surface area (Å²) >= 11 is 7.48. The van der Waals surface area contributed by atoms with E-state index < -0.39 is 0 Å². The summed E-state index contributed by atoms with van der Waals surface area (Å²) in [6.07, 6.45) is 3.88. The molecule has 1 amide bonds. The van der Waals surface area contributed by atoms with E-state index in [9.17, 15) is 4.79 Å². The molecule has 0 saturated carbocycles. The predicted octanol–water partition coefficient (Wildman–Crippen LogP) is 3.42. The molecule has 0 radical (unpaired) electrons. The second-order valence-electron chi connectivity index (χ2n) is 5.85. The molecule has 0 aromatic carbocycles. The van der Waals surface area contributed by atoms with Gasteiger partial charge in [-0.15, -0.1) is 0 Å². The molecule has 1 fully saturated rings. The Morgan fingerprint density at radius 1 is 1.46 bits per heavy atom. The van der Waals surface area contributed by atoms with Gasteiger partial charge in [-0.1, -0.05) is 11.6 Å². The zero-order valence-corrected chi connectivity index (χ0v) is 14.9. The van der Waals surface area contributed by atoms with Crippen molar-refractivity contribution in [3.63, 3.8) is 0 Å². The molecular weight excluding hydrogens is 346 g/mol. The molecule has 128 valence electrons. The smallest absolute Gasteiger partial charge is 0.239 e. The summed E-state index contributed by atoms with van der Waals surface area (Å²) in [6, 6.07) is 5.50. The van der Waals surface area contributed by atoms with Gasteiger partial charge in [0.15, 0.2) is 0 Å². The first kappa shape index (κ1) is 17.4. The summed E-state index contributed by atoms with van der Waals surface area (Å²) in [5, 5.41) is 7.53. The van der Waals surface area contributed by atoms with Gasteiger partial charge in [0.25, 0.3) is 0 Å². The number of nitrogens with one attached hydrogen (secondary N) is 1. The summed E-state index contributed by atoms with van der Waals surface area (Å²) in [6.45, 7) is 2.63. The van der Waals surface area contributed by atoms with Crippen LogP contribution in [0.5, 0.6) is 0 Å². The summed E-state index contributed by atoms with van der Waals surface area (Å²) < 4.78 is 5.72. The van der Waals surface area contributed by atoms with Crippen LogP contribution in [0.25, 0.3) is 0 Å². The molecule has 3 rings (SSSR count). The number of hydrogen-bond acceptors (Lipinski definition) is 5. The van der Waals surface area contributed by atoms with Crippen LogP contribution in [0.15, 0.2) is 35.2 Å². The molecule has 0 aliphatic carbocycles. The van der Waals surface area contributed by atoms with E-state index in [1.54, 1.807) is 23.5 Å². The highest BCUT2D eigenvalue weighted by Gasteiger charge is 2.21. The summed E-state index contributed by atoms with van der Waals surface area (Å²) in [4.78, 5) is 18.6. The number of halogens is 1. The second kappa shape index (κ2) is 8.58. The van der Waals surface area contributed by atoms with Crippen molar-refractivity contribution in [2.24, 2.45) is 0 Å². The topological polar surface area (TPSA) is 54.5 Å². The third-order valence-electron chi connectivity index (χ3n) is 3.83. The Hall–Kier alpha value is -1.47. The minimum atomic E-state index is -0.0851. The van der Waals surface area contributed by atoms with Crippen molar-refractivity contribution in [3.8, 4) is 0 Å². The first-order valence-electron chi connectivity index (χ1n) is 7.95. The Morgan fingerprint density at radius 3 is 3.04 bits per heavy atom. The number of anilines is 1. The van der Waals surface area contributed by atoms with Crippen molar-refractivity contribution in [1.82, 2.24) is 9.88 Å². The fourth-order valence-electron chi connectivity index (χ4n) is 2.74. The van der Waals surface area contributed by atoms with Crippen LogP contribution < -0.4 is 5.32 Å². The number of amides is 1. The fourth-order valence-corrected chi connectivity index (χ4v) is 3.51. The highest BCUT2D eigenvalue weighted by molar-refractivity contribution is 7.07. The molecule has 1 atom stereocenters. The number of hydrogen-bond donors (Lipinski definition) is 1. The molecule has 1 N–H and O–H groups in total. The number of rotatable bonds is 7. The van der Waals surface area contributed by atoms with Crippen LogP contribution in [-0.2, 0) is 16.1 Å². The number of ether oxygens (including phenoxy) is 1. The Bertz CT molecular complexity index is 642. The van der Waals surface area contributed by atoms with Crippen molar-refractivity contribution in [2.75, 3.05) is 25.0 Å². The van der Waals surface area contributed by atoms with E-state index in [0.717, 1.165) is 32.5 Å². The van der Waals surface area contributed by atoms with Gasteiger partial charge in [-0.25, -0.2) is 4.98 Å². The lowest BCUT2D eigenvalue weighted by Gasteiger charge is -2.24. The van der Waals surface area contributed by atoms with Crippen molar-refractivity contribution < 1.29 is 9.53 Å². The lowest BCUT2D eigenvalue weighted by atomic mass is 10.2. The summed E-state index contributed by atoms with van der Waals surface area (Å²) in [5.41, 5.74) is 1.22. The zero-order valence-electron chi connectivity index (χ0n) is 13.3.